The van der Waals surface area contributed by atoms with E-state index in [1.54, 1.807) is 0 Å². The molecule has 2 rings (SSSR count). The Labute approximate surface area is 110 Å². The molecule has 1 aromatic rings. The van der Waals surface area contributed by atoms with Crippen LogP contribution in [0.5, 0.6) is 0 Å². The zero-order valence-corrected chi connectivity index (χ0v) is 11.8. The first-order valence-electron chi connectivity index (χ1n) is 6.59. The molecule has 0 unspecified atom stereocenters. The number of hydrogen-bond donors (Lipinski definition) is 0. The Kier molecular flexibility index (Phi) is 3.11. The molecule has 96 valence electrons. The number of anilines is 1. The van der Waals surface area contributed by atoms with E-state index < -0.39 is 0 Å². The highest BCUT2D eigenvalue weighted by molar-refractivity contribution is 5.48. The van der Waals surface area contributed by atoms with Gasteiger partial charge in [-0.1, -0.05) is 32.9 Å². The highest BCUT2D eigenvalue weighted by Gasteiger charge is 2.44. The van der Waals surface area contributed by atoms with Crippen LogP contribution in [-0.4, -0.2) is 13.6 Å². The number of rotatable bonds is 3. The van der Waals surface area contributed by atoms with Gasteiger partial charge in [-0.05, 0) is 36.0 Å². The van der Waals surface area contributed by atoms with Crippen molar-refractivity contribution in [3.63, 3.8) is 0 Å². The van der Waals surface area contributed by atoms with Crippen LogP contribution in [0.1, 0.15) is 39.2 Å². The minimum Gasteiger partial charge on any atom is -0.373 e. The zero-order valence-electron chi connectivity index (χ0n) is 11.8. The Balaban J connectivity index is 2.08. The first-order valence-corrected chi connectivity index (χ1v) is 6.59. The van der Waals surface area contributed by atoms with Crippen molar-refractivity contribution in [1.82, 2.24) is 0 Å². The van der Waals surface area contributed by atoms with Crippen LogP contribution in [0.4, 0.5) is 5.69 Å². The molecule has 0 aromatic heterocycles. The van der Waals surface area contributed by atoms with Crippen LogP contribution < -0.4 is 4.90 Å². The number of nitrogens with zero attached hydrogens (tertiary/aromatic N) is 2. The summed E-state index contributed by atoms with van der Waals surface area (Å²) in [5, 5.41) is 9.13. The maximum Gasteiger partial charge on any atom is 0.0749 e. The van der Waals surface area contributed by atoms with Gasteiger partial charge in [0, 0.05) is 19.3 Å². The van der Waals surface area contributed by atoms with E-state index >= 15 is 0 Å². The van der Waals surface area contributed by atoms with Crippen LogP contribution >= 0.6 is 0 Å². The van der Waals surface area contributed by atoms with Gasteiger partial charge in [0.15, 0.2) is 0 Å². The fraction of sp³-hybridized carbons (Fsp3) is 0.562. The minimum atomic E-state index is -0.0720. The summed E-state index contributed by atoms with van der Waals surface area (Å²) >= 11 is 0. The third kappa shape index (κ3) is 2.67. The standard InChI is InChI=1S/C16H22N2/c1-15(2,3)13-5-7-14(8-6-13)18(4)12-16(11-17)9-10-16/h5-8H,9-10,12H2,1-4H3. The van der Waals surface area contributed by atoms with Crippen LogP contribution in [0.3, 0.4) is 0 Å². The van der Waals surface area contributed by atoms with E-state index in [4.69, 9.17) is 5.26 Å². The summed E-state index contributed by atoms with van der Waals surface area (Å²) < 4.78 is 0. The second-order valence-corrected chi connectivity index (χ2v) is 6.55. The fourth-order valence-electron chi connectivity index (χ4n) is 2.22. The van der Waals surface area contributed by atoms with E-state index in [1.807, 2.05) is 0 Å². The topological polar surface area (TPSA) is 27.0 Å². The molecule has 1 saturated carbocycles. The average molecular weight is 242 g/mol. The molecule has 0 amide bonds. The molecule has 0 atom stereocenters. The van der Waals surface area contributed by atoms with E-state index in [2.05, 4.69) is 63.1 Å². The van der Waals surface area contributed by atoms with Gasteiger partial charge in [0.2, 0.25) is 0 Å². The van der Waals surface area contributed by atoms with Crippen molar-refractivity contribution in [2.45, 2.75) is 39.0 Å². The molecule has 0 saturated heterocycles. The lowest BCUT2D eigenvalue weighted by atomic mass is 9.87. The van der Waals surface area contributed by atoms with Gasteiger partial charge in [-0.15, -0.1) is 0 Å². The average Bonchev–Trinajstić information content (AvgIpc) is 3.08. The minimum absolute atomic E-state index is 0.0720. The number of hydrogen-bond acceptors (Lipinski definition) is 2. The van der Waals surface area contributed by atoms with Gasteiger partial charge in [-0.2, -0.15) is 5.26 Å². The van der Waals surface area contributed by atoms with Crippen LogP contribution in [0, 0.1) is 16.7 Å². The first kappa shape index (κ1) is 13.0. The van der Waals surface area contributed by atoms with Crippen molar-refractivity contribution >= 4 is 5.69 Å². The third-order valence-electron chi connectivity index (χ3n) is 3.80. The Morgan fingerprint density at radius 1 is 1.22 bits per heavy atom. The summed E-state index contributed by atoms with van der Waals surface area (Å²) in [5.41, 5.74) is 2.67. The number of nitriles is 1. The highest BCUT2D eigenvalue weighted by atomic mass is 15.1. The van der Waals surface area contributed by atoms with Gasteiger partial charge in [0.05, 0.1) is 11.5 Å². The molecule has 18 heavy (non-hydrogen) atoms. The summed E-state index contributed by atoms with van der Waals surface area (Å²) in [6, 6.07) is 11.2. The fourth-order valence-corrected chi connectivity index (χ4v) is 2.22. The van der Waals surface area contributed by atoms with Crippen molar-refractivity contribution < 1.29 is 0 Å². The molecule has 0 spiro atoms. The molecule has 1 fully saturated rings. The first-order chi connectivity index (χ1) is 8.36. The zero-order chi connectivity index (χ0) is 13.4. The van der Waals surface area contributed by atoms with Crippen LogP contribution in [0.2, 0.25) is 0 Å². The van der Waals surface area contributed by atoms with Crippen LogP contribution in [-0.2, 0) is 5.41 Å². The van der Waals surface area contributed by atoms with Gasteiger partial charge in [-0.25, -0.2) is 0 Å². The SMILES string of the molecule is CN(CC1(C#N)CC1)c1ccc(C(C)(C)C)cc1. The molecule has 0 bridgehead atoms. The van der Waals surface area contributed by atoms with Gasteiger partial charge >= 0.3 is 0 Å². The van der Waals surface area contributed by atoms with Gasteiger partial charge in [0.25, 0.3) is 0 Å². The van der Waals surface area contributed by atoms with E-state index in [-0.39, 0.29) is 10.8 Å². The Morgan fingerprint density at radius 2 is 1.78 bits per heavy atom. The van der Waals surface area contributed by atoms with E-state index in [0.717, 1.165) is 19.4 Å². The molecule has 0 aliphatic heterocycles. The smallest absolute Gasteiger partial charge is 0.0749 e. The summed E-state index contributed by atoms with van der Waals surface area (Å²) in [6.45, 7) is 7.51. The normalized spacial score (nSPS) is 17.1. The predicted molar refractivity (Wildman–Crippen MR) is 75.7 cm³/mol. The maximum absolute atomic E-state index is 9.13. The predicted octanol–water partition coefficient (Wildman–Crippen LogP) is 3.72. The quantitative estimate of drug-likeness (QED) is 0.807. The highest BCUT2D eigenvalue weighted by Crippen LogP contribution is 2.45. The second-order valence-electron chi connectivity index (χ2n) is 6.55. The molecule has 2 heteroatoms. The monoisotopic (exact) mass is 242 g/mol. The second kappa shape index (κ2) is 4.31. The molecule has 0 radical (unpaired) electrons. The third-order valence-corrected chi connectivity index (χ3v) is 3.80. The number of benzene rings is 1. The molecule has 1 aliphatic carbocycles. The molecule has 0 N–H and O–H groups in total. The largest absolute Gasteiger partial charge is 0.373 e. The summed E-state index contributed by atoms with van der Waals surface area (Å²) in [7, 11) is 2.07. The lowest BCUT2D eigenvalue weighted by Gasteiger charge is -2.24. The molecule has 0 heterocycles. The van der Waals surface area contributed by atoms with Crippen LogP contribution in [0.15, 0.2) is 24.3 Å². The van der Waals surface area contributed by atoms with Crippen molar-refractivity contribution in [3.05, 3.63) is 29.8 Å². The molecular formula is C16H22N2. The molecule has 1 aliphatic rings. The van der Waals surface area contributed by atoms with Crippen molar-refractivity contribution in [3.8, 4) is 6.07 Å². The van der Waals surface area contributed by atoms with Crippen LogP contribution in [0.25, 0.3) is 0 Å². The summed E-state index contributed by atoms with van der Waals surface area (Å²) in [6.07, 6.45) is 2.10. The van der Waals surface area contributed by atoms with Gasteiger partial charge in [-0.3, -0.25) is 0 Å². The van der Waals surface area contributed by atoms with E-state index in [9.17, 15) is 0 Å². The maximum atomic E-state index is 9.13. The van der Waals surface area contributed by atoms with Gasteiger partial charge in [0.1, 0.15) is 0 Å². The van der Waals surface area contributed by atoms with E-state index in [0.29, 0.717) is 0 Å². The lowest BCUT2D eigenvalue weighted by molar-refractivity contribution is 0.590. The summed E-state index contributed by atoms with van der Waals surface area (Å²) in [5.74, 6) is 0. The Hall–Kier alpha value is -1.49. The van der Waals surface area contributed by atoms with Gasteiger partial charge < -0.3 is 4.90 Å². The van der Waals surface area contributed by atoms with Crippen molar-refractivity contribution in [2.75, 3.05) is 18.5 Å². The lowest BCUT2D eigenvalue weighted by Crippen LogP contribution is -2.25. The molecule has 2 nitrogen and oxygen atoms in total. The van der Waals surface area contributed by atoms with Crippen molar-refractivity contribution in [2.24, 2.45) is 5.41 Å². The molecule has 1 aromatic carbocycles. The summed E-state index contributed by atoms with van der Waals surface area (Å²) in [4.78, 5) is 2.20. The molecular weight excluding hydrogens is 220 g/mol. The van der Waals surface area contributed by atoms with E-state index in [1.165, 1.54) is 11.3 Å². The Morgan fingerprint density at radius 3 is 2.17 bits per heavy atom. The Bertz CT molecular complexity index is 455. The van der Waals surface area contributed by atoms with Crippen molar-refractivity contribution in [1.29, 1.82) is 5.26 Å².